The van der Waals surface area contributed by atoms with E-state index >= 15 is 4.39 Å². The van der Waals surface area contributed by atoms with E-state index < -0.39 is 5.67 Å². The first-order chi connectivity index (χ1) is 17.7. The zero-order chi connectivity index (χ0) is 25.7. The number of fused-ring (bicyclic) bond motifs is 3. The van der Waals surface area contributed by atoms with Gasteiger partial charge in [-0.05, 0) is 48.7 Å². The molecule has 2 amide bonds. The van der Waals surface area contributed by atoms with Crippen LogP contribution < -0.4 is 5.32 Å². The number of aromatic nitrogens is 2. The molecule has 1 N–H and O–H groups in total. The monoisotopic (exact) mass is 536 g/mol. The van der Waals surface area contributed by atoms with E-state index in [9.17, 15) is 9.59 Å². The Hall–Kier alpha value is -2.81. The number of nitrogens with one attached hydrogen (secondary N) is 1. The van der Waals surface area contributed by atoms with Crippen LogP contribution in [-0.4, -0.2) is 45.0 Å². The Bertz CT molecular complexity index is 1600. The average molecular weight is 537 g/mol. The number of thiophene rings is 1. The maximum Gasteiger partial charge on any atom is 0.234 e. The van der Waals surface area contributed by atoms with Gasteiger partial charge in [0.1, 0.15) is 5.67 Å². The van der Waals surface area contributed by atoms with Crippen molar-refractivity contribution in [2.75, 3.05) is 13.1 Å². The van der Waals surface area contributed by atoms with Crippen LogP contribution in [0.3, 0.4) is 0 Å². The van der Waals surface area contributed by atoms with Gasteiger partial charge in [-0.2, -0.15) is 0 Å². The lowest BCUT2D eigenvalue weighted by molar-refractivity contribution is -0.143. The molecule has 3 aliphatic rings. The molecule has 0 bridgehead atoms. The Labute approximate surface area is 222 Å². The molecule has 3 fully saturated rings. The maximum absolute atomic E-state index is 15.4. The van der Waals surface area contributed by atoms with Crippen molar-refractivity contribution in [2.24, 2.45) is 17.3 Å². The number of piperidine rings is 1. The number of benzene rings is 1. The molecule has 2 aliphatic heterocycles. The van der Waals surface area contributed by atoms with E-state index in [-0.39, 0.29) is 42.2 Å². The topological polar surface area (TPSA) is 67.2 Å². The summed E-state index contributed by atoms with van der Waals surface area (Å²) in [5.74, 6) is -0.517. The molecule has 9 heteroatoms. The number of halogens is 2. The van der Waals surface area contributed by atoms with Crippen LogP contribution in [0.2, 0.25) is 5.02 Å². The van der Waals surface area contributed by atoms with E-state index in [2.05, 4.69) is 10.3 Å². The molecule has 5 heterocycles. The summed E-state index contributed by atoms with van der Waals surface area (Å²) in [6.07, 6.45) is 4.17. The number of likely N-dealkylation sites (tertiary alicyclic amines) is 1. The highest BCUT2D eigenvalue weighted by atomic mass is 35.5. The van der Waals surface area contributed by atoms with E-state index in [4.69, 9.17) is 11.6 Å². The van der Waals surface area contributed by atoms with Gasteiger partial charge in [0, 0.05) is 45.4 Å². The summed E-state index contributed by atoms with van der Waals surface area (Å²) in [5.41, 5.74) is 2.09. The predicted molar refractivity (Wildman–Crippen MR) is 143 cm³/mol. The van der Waals surface area contributed by atoms with Crippen LogP contribution in [0, 0.1) is 17.3 Å². The van der Waals surface area contributed by atoms with Crippen molar-refractivity contribution < 1.29 is 14.0 Å². The summed E-state index contributed by atoms with van der Waals surface area (Å²) in [6, 6.07) is 9.73. The largest absolute Gasteiger partial charge is 0.344 e. The molecule has 1 aromatic carbocycles. The number of hydrogen-bond acceptors (Lipinski definition) is 5. The molecule has 3 unspecified atom stereocenters. The highest BCUT2D eigenvalue weighted by molar-refractivity contribution is 7.19. The first-order valence-corrected chi connectivity index (χ1v) is 13.8. The molecule has 4 aromatic rings. The number of carbonyl (C=O) groups excluding carboxylic acids is 2. The van der Waals surface area contributed by atoms with Crippen LogP contribution in [0.4, 0.5) is 4.39 Å². The molecular weight excluding hydrogens is 511 g/mol. The summed E-state index contributed by atoms with van der Waals surface area (Å²) in [6.45, 7) is 5.52. The smallest absolute Gasteiger partial charge is 0.234 e. The number of nitrogens with zero attached hydrogens (tertiary/aromatic N) is 3. The molecule has 1 aliphatic carbocycles. The molecule has 3 aromatic heterocycles. The average Bonchev–Trinajstić information content (AvgIpc) is 3.38. The second-order valence-corrected chi connectivity index (χ2v) is 12.8. The standard InChI is InChI=1S/C28H26ClFN4O2S/c1-27(2)21-22(27)26(36)34(25(21)35)12-17-11-20-24(37-17)18(3-6-32-20)19-10-16(29)9-15-4-8-33(23(15)19)14-28(30)5-7-31-13-28/h3-4,6,8-11,21-22,31H,5,7,12-14H2,1-2H3. The number of alkyl halides is 1. The van der Waals surface area contributed by atoms with Gasteiger partial charge >= 0.3 is 0 Å². The second-order valence-electron chi connectivity index (χ2n) is 11.2. The van der Waals surface area contributed by atoms with Gasteiger partial charge < -0.3 is 9.88 Å². The van der Waals surface area contributed by atoms with Gasteiger partial charge in [0.15, 0.2) is 0 Å². The Balaban J connectivity index is 1.29. The molecule has 2 saturated heterocycles. The normalized spacial score (nSPS) is 26.5. The third-order valence-electron chi connectivity index (χ3n) is 8.43. The minimum absolute atomic E-state index is 0.0680. The highest BCUT2D eigenvalue weighted by Gasteiger charge is 2.72. The first-order valence-electron chi connectivity index (χ1n) is 12.6. The fourth-order valence-electron chi connectivity index (χ4n) is 6.40. The summed E-state index contributed by atoms with van der Waals surface area (Å²) in [5, 5.41) is 4.69. The molecule has 0 spiro atoms. The number of hydrogen-bond donors (Lipinski definition) is 1. The lowest BCUT2D eigenvalue weighted by atomic mass is 10.0. The van der Waals surface area contributed by atoms with Crippen LogP contribution in [0.25, 0.3) is 32.2 Å². The van der Waals surface area contributed by atoms with Crippen molar-refractivity contribution in [1.82, 2.24) is 19.8 Å². The molecule has 1 saturated carbocycles. The summed E-state index contributed by atoms with van der Waals surface area (Å²) in [7, 11) is 0. The Kier molecular flexibility index (Phi) is 4.95. The van der Waals surface area contributed by atoms with Crippen LogP contribution in [0.15, 0.2) is 42.7 Å². The van der Waals surface area contributed by atoms with Crippen molar-refractivity contribution in [2.45, 2.75) is 39.0 Å². The van der Waals surface area contributed by atoms with Gasteiger partial charge in [-0.1, -0.05) is 25.4 Å². The SMILES string of the molecule is CC1(C)C2C(=O)N(Cc3cc4nccc(-c5cc(Cl)cc6ccn(CC7(F)CCNC7)c56)c4s3)C(=O)C21. The minimum atomic E-state index is -1.30. The Morgan fingerprint density at radius 3 is 2.68 bits per heavy atom. The minimum Gasteiger partial charge on any atom is -0.344 e. The van der Waals surface area contributed by atoms with E-state index in [1.165, 1.54) is 16.2 Å². The van der Waals surface area contributed by atoms with E-state index in [0.29, 0.717) is 24.5 Å². The van der Waals surface area contributed by atoms with Gasteiger partial charge in [-0.25, -0.2) is 4.39 Å². The van der Waals surface area contributed by atoms with Gasteiger partial charge in [-0.3, -0.25) is 19.5 Å². The van der Waals surface area contributed by atoms with Crippen LogP contribution >= 0.6 is 22.9 Å². The quantitative estimate of drug-likeness (QED) is 0.346. The lowest BCUT2D eigenvalue weighted by Crippen LogP contribution is -2.35. The Morgan fingerprint density at radius 1 is 1.16 bits per heavy atom. The van der Waals surface area contributed by atoms with Gasteiger partial charge in [-0.15, -0.1) is 11.3 Å². The molecular formula is C28H26ClFN4O2S. The highest BCUT2D eigenvalue weighted by Crippen LogP contribution is 2.63. The molecule has 0 radical (unpaired) electrons. The Morgan fingerprint density at radius 2 is 1.95 bits per heavy atom. The number of imide groups is 1. The zero-order valence-electron chi connectivity index (χ0n) is 20.6. The molecule has 37 heavy (non-hydrogen) atoms. The van der Waals surface area contributed by atoms with Gasteiger partial charge in [0.05, 0.1) is 40.7 Å². The van der Waals surface area contributed by atoms with E-state index in [0.717, 1.165) is 37.1 Å². The van der Waals surface area contributed by atoms with Crippen molar-refractivity contribution >= 4 is 55.9 Å². The maximum atomic E-state index is 15.4. The van der Waals surface area contributed by atoms with E-state index in [1.807, 2.05) is 54.9 Å². The molecule has 7 rings (SSSR count). The summed E-state index contributed by atoms with van der Waals surface area (Å²) < 4.78 is 18.4. The fourth-order valence-corrected chi connectivity index (χ4v) is 7.75. The van der Waals surface area contributed by atoms with Crippen molar-refractivity contribution in [3.05, 3.63) is 52.6 Å². The third-order valence-corrected chi connectivity index (χ3v) is 9.79. The fraction of sp³-hybridized carbons (Fsp3) is 0.393. The van der Waals surface area contributed by atoms with Crippen molar-refractivity contribution in [1.29, 1.82) is 0 Å². The second kappa shape index (κ2) is 7.85. The number of pyridine rings is 1. The number of carbonyl (C=O) groups is 2. The van der Waals surface area contributed by atoms with Gasteiger partial charge in [0.2, 0.25) is 11.8 Å². The van der Waals surface area contributed by atoms with Crippen LogP contribution in [0.5, 0.6) is 0 Å². The lowest BCUT2D eigenvalue weighted by Gasteiger charge is -2.21. The predicted octanol–water partition coefficient (Wildman–Crippen LogP) is 5.41. The van der Waals surface area contributed by atoms with Crippen LogP contribution in [-0.2, 0) is 22.7 Å². The summed E-state index contributed by atoms with van der Waals surface area (Å²) >= 11 is 8.07. The number of amides is 2. The first kappa shape index (κ1) is 23.3. The zero-order valence-corrected chi connectivity index (χ0v) is 22.1. The molecule has 6 nitrogen and oxygen atoms in total. The van der Waals surface area contributed by atoms with Crippen molar-refractivity contribution in [3.63, 3.8) is 0 Å². The molecule has 190 valence electrons. The van der Waals surface area contributed by atoms with Crippen molar-refractivity contribution in [3.8, 4) is 11.1 Å². The van der Waals surface area contributed by atoms with Gasteiger partial charge in [0.25, 0.3) is 0 Å². The van der Waals surface area contributed by atoms with Crippen LogP contribution in [0.1, 0.15) is 25.1 Å². The summed E-state index contributed by atoms with van der Waals surface area (Å²) in [4.78, 5) is 32.6. The number of rotatable bonds is 5. The third kappa shape index (κ3) is 3.49. The molecule has 3 atom stereocenters. The van der Waals surface area contributed by atoms with E-state index in [1.54, 1.807) is 6.20 Å².